The molecule has 0 saturated heterocycles. The van der Waals surface area contributed by atoms with Crippen LogP contribution < -0.4 is 0 Å². The topological polar surface area (TPSA) is 47.0 Å². The molecule has 0 unspecified atom stereocenters. The monoisotopic (exact) mass is 323 g/mol. The number of hydrogen-bond acceptors (Lipinski definition) is 3. The van der Waals surface area contributed by atoms with Crippen LogP contribution in [0.4, 0.5) is 0 Å². The van der Waals surface area contributed by atoms with Crippen molar-refractivity contribution in [3.05, 3.63) is 22.0 Å². The van der Waals surface area contributed by atoms with Crippen LogP contribution in [0.3, 0.4) is 0 Å². The molecule has 0 spiro atoms. The van der Waals surface area contributed by atoms with Crippen LogP contribution in [0.25, 0.3) is 0 Å². The van der Waals surface area contributed by atoms with Gasteiger partial charge in [0.2, 0.25) is 0 Å². The van der Waals surface area contributed by atoms with Crippen molar-refractivity contribution in [2.45, 2.75) is 57.8 Å². The second-order valence-electron chi connectivity index (χ2n) is 4.67. The molecular formula is C13H19Cl2NO2S. The van der Waals surface area contributed by atoms with Crippen molar-refractivity contribution in [3.8, 4) is 0 Å². The summed E-state index contributed by atoms with van der Waals surface area (Å²) in [6.45, 7) is 5.74. The minimum atomic E-state index is -3.86. The van der Waals surface area contributed by atoms with Crippen molar-refractivity contribution in [2.75, 3.05) is 0 Å². The van der Waals surface area contributed by atoms with E-state index in [0.29, 0.717) is 5.56 Å². The molecule has 6 heteroatoms. The second kappa shape index (κ2) is 6.91. The lowest BCUT2D eigenvalue weighted by molar-refractivity contribution is 0.608. The highest BCUT2D eigenvalue weighted by molar-refractivity contribution is 8.13. The predicted molar refractivity (Wildman–Crippen MR) is 79.6 cm³/mol. The summed E-state index contributed by atoms with van der Waals surface area (Å²) in [5.41, 5.74) is 2.35. The van der Waals surface area contributed by atoms with Gasteiger partial charge in [-0.25, -0.2) is 13.4 Å². The van der Waals surface area contributed by atoms with Gasteiger partial charge in [0, 0.05) is 16.4 Å². The Balaban J connectivity index is 3.12. The lowest BCUT2D eigenvalue weighted by atomic mass is 10.0. The maximum atomic E-state index is 11.6. The molecule has 0 saturated carbocycles. The zero-order valence-corrected chi connectivity index (χ0v) is 13.8. The smallest absolute Gasteiger partial charge is 0.240 e. The zero-order chi connectivity index (χ0) is 14.6. The van der Waals surface area contributed by atoms with E-state index in [0.717, 1.165) is 36.9 Å². The van der Waals surface area contributed by atoms with Gasteiger partial charge in [-0.1, -0.05) is 37.8 Å². The van der Waals surface area contributed by atoms with Gasteiger partial charge in [0.25, 0.3) is 9.05 Å². The average Bonchev–Trinajstić information content (AvgIpc) is 2.25. The molecule has 0 aliphatic heterocycles. The molecule has 1 aromatic rings. The summed E-state index contributed by atoms with van der Waals surface area (Å²) < 4.78 is 23.1. The molecule has 3 nitrogen and oxygen atoms in total. The van der Waals surface area contributed by atoms with E-state index in [4.69, 9.17) is 22.3 Å². The number of aryl methyl sites for hydroxylation is 1. The Kier molecular flexibility index (Phi) is 6.09. The van der Waals surface area contributed by atoms with E-state index < -0.39 is 9.05 Å². The van der Waals surface area contributed by atoms with E-state index in [1.54, 1.807) is 6.92 Å². The van der Waals surface area contributed by atoms with Crippen molar-refractivity contribution in [1.29, 1.82) is 0 Å². The summed E-state index contributed by atoms with van der Waals surface area (Å²) in [4.78, 5) is 4.05. The van der Waals surface area contributed by atoms with Crippen molar-refractivity contribution >= 4 is 31.3 Å². The molecule has 0 atom stereocenters. The normalized spacial score (nSPS) is 11.8. The van der Waals surface area contributed by atoms with Gasteiger partial charge in [0.15, 0.2) is 0 Å². The third-order valence-corrected chi connectivity index (χ3v) is 5.04. The van der Waals surface area contributed by atoms with Gasteiger partial charge in [0.1, 0.15) is 10.0 Å². The van der Waals surface area contributed by atoms with Crippen LogP contribution in [0.5, 0.6) is 0 Å². The fourth-order valence-electron chi connectivity index (χ4n) is 2.21. The van der Waals surface area contributed by atoms with Crippen LogP contribution in [0, 0.1) is 13.8 Å². The first-order chi connectivity index (χ1) is 8.79. The molecule has 1 heterocycles. The lowest BCUT2D eigenvalue weighted by Crippen LogP contribution is -2.06. The van der Waals surface area contributed by atoms with Crippen molar-refractivity contribution in [2.24, 2.45) is 0 Å². The number of rotatable bonds is 6. The molecule has 0 radical (unpaired) electrons. The molecule has 0 aromatic carbocycles. The van der Waals surface area contributed by atoms with E-state index >= 15 is 0 Å². The number of hydrogen-bond donors (Lipinski definition) is 0. The third-order valence-electron chi connectivity index (χ3n) is 3.21. The minimum Gasteiger partial charge on any atom is -0.240 e. The Morgan fingerprint density at radius 1 is 1.16 bits per heavy atom. The standard InChI is InChI=1S/C13H19Cl2NO2S/c1-4-5-6-7-8-11-9(2)12(19(15,17)18)13(14)16-10(11)3/h4-8H2,1-3H3. The molecule has 0 aliphatic carbocycles. The summed E-state index contributed by atoms with van der Waals surface area (Å²) in [5, 5.41) is -0.0395. The molecule has 0 aliphatic rings. The Labute approximate surface area is 124 Å². The Hall–Kier alpha value is -0.320. The van der Waals surface area contributed by atoms with Crippen LogP contribution in [0.2, 0.25) is 5.15 Å². The number of halogens is 2. The van der Waals surface area contributed by atoms with E-state index in [-0.39, 0.29) is 10.0 Å². The number of aromatic nitrogens is 1. The predicted octanol–water partition coefficient (Wildman–Crippen LogP) is 4.40. The summed E-state index contributed by atoms with van der Waals surface area (Å²) >= 11 is 5.90. The van der Waals surface area contributed by atoms with Crippen molar-refractivity contribution in [1.82, 2.24) is 4.98 Å². The summed E-state index contributed by atoms with van der Waals surface area (Å²) in [7, 11) is 1.56. The molecule has 1 aromatic heterocycles. The van der Waals surface area contributed by atoms with Crippen LogP contribution in [0.15, 0.2) is 4.90 Å². The molecule has 19 heavy (non-hydrogen) atoms. The highest BCUT2D eigenvalue weighted by atomic mass is 35.7. The second-order valence-corrected chi connectivity index (χ2v) is 7.53. The molecule has 0 amide bonds. The molecular weight excluding hydrogens is 305 g/mol. The van der Waals surface area contributed by atoms with Gasteiger partial charge in [-0.05, 0) is 37.8 Å². The van der Waals surface area contributed by atoms with Crippen molar-refractivity contribution < 1.29 is 8.42 Å². The Morgan fingerprint density at radius 2 is 1.79 bits per heavy atom. The highest BCUT2D eigenvalue weighted by Crippen LogP contribution is 2.31. The van der Waals surface area contributed by atoms with Crippen LogP contribution in [0.1, 0.15) is 49.4 Å². The third kappa shape index (κ3) is 4.33. The minimum absolute atomic E-state index is 0.0395. The number of unbranched alkanes of at least 4 members (excludes halogenated alkanes) is 3. The summed E-state index contributed by atoms with van der Waals surface area (Å²) in [5.74, 6) is 0. The van der Waals surface area contributed by atoms with E-state index in [1.807, 2.05) is 6.92 Å². The van der Waals surface area contributed by atoms with Gasteiger partial charge >= 0.3 is 0 Å². The largest absolute Gasteiger partial charge is 0.264 e. The maximum Gasteiger partial charge on any atom is 0.264 e. The van der Waals surface area contributed by atoms with Gasteiger partial charge < -0.3 is 0 Å². The zero-order valence-electron chi connectivity index (χ0n) is 11.5. The number of pyridine rings is 1. The fourth-order valence-corrected chi connectivity index (χ4v) is 4.20. The van der Waals surface area contributed by atoms with Crippen LogP contribution >= 0.6 is 22.3 Å². The molecule has 0 bridgehead atoms. The summed E-state index contributed by atoms with van der Waals surface area (Å²) in [6.07, 6.45) is 5.29. The first kappa shape index (κ1) is 16.7. The Morgan fingerprint density at radius 3 is 2.32 bits per heavy atom. The van der Waals surface area contributed by atoms with Gasteiger partial charge in [-0.15, -0.1) is 0 Å². The Bertz CT molecular complexity index is 556. The van der Waals surface area contributed by atoms with Gasteiger partial charge in [-0.2, -0.15) is 0 Å². The maximum absolute atomic E-state index is 11.6. The molecule has 0 fully saturated rings. The van der Waals surface area contributed by atoms with E-state index in [2.05, 4.69) is 11.9 Å². The number of nitrogens with zero attached hydrogens (tertiary/aromatic N) is 1. The fraction of sp³-hybridized carbons (Fsp3) is 0.615. The average molecular weight is 324 g/mol. The van der Waals surface area contributed by atoms with Gasteiger partial charge in [0.05, 0.1) is 0 Å². The van der Waals surface area contributed by atoms with Gasteiger partial charge in [-0.3, -0.25) is 0 Å². The van der Waals surface area contributed by atoms with E-state index in [9.17, 15) is 8.42 Å². The SMILES string of the molecule is CCCCCCc1c(C)nc(Cl)c(S(=O)(=O)Cl)c1C. The molecule has 1 rings (SSSR count). The molecule has 108 valence electrons. The van der Waals surface area contributed by atoms with Crippen molar-refractivity contribution in [3.63, 3.8) is 0 Å². The first-order valence-corrected chi connectivity index (χ1v) is 9.08. The van der Waals surface area contributed by atoms with E-state index in [1.165, 1.54) is 6.42 Å². The van der Waals surface area contributed by atoms with Crippen LogP contribution in [-0.2, 0) is 15.5 Å². The molecule has 0 N–H and O–H groups in total. The highest BCUT2D eigenvalue weighted by Gasteiger charge is 2.22. The lowest BCUT2D eigenvalue weighted by Gasteiger charge is -2.13. The van der Waals surface area contributed by atoms with Crippen LogP contribution in [-0.4, -0.2) is 13.4 Å². The first-order valence-electron chi connectivity index (χ1n) is 6.39. The quantitative estimate of drug-likeness (QED) is 0.442. The summed E-state index contributed by atoms with van der Waals surface area (Å²) in [6, 6.07) is 0.